The molecule has 31 heavy (non-hydrogen) atoms. The number of rotatable bonds is 8. The number of fused-ring (bicyclic) bond motifs is 1. The minimum Gasteiger partial charge on any atom is -0.396 e. The van der Waals surface area contributed by atoms with Gasteiger partial charge in [-0.25, -0.2) is 4.68 Å². The number of aliphatic hydroxyl groups excluding tert-OH is 1. The maximum Gasteiger partial charge on any atom is 0.252 e. The van der Waals surface area contributed by atoms with Crippen LogP contribution in [0.4, 0.5) is 0 Å². The summed E-state index contributed by atoms with van der Waals surface area (Å²) in [5, 5.41) is 23.1. The van der Waals surface area contributed by atoms with E-state index >= 15 is 0 Å². The highest BCUT2D eigenvalue weighted by Crippen LogP contribution is 2.31. The zero-order chi connectivity index (χ0) is 22.8. The van der Waals surface area contributed by atoms with Gasteiger partial charge in [-0.15, -0.1) is 5.10 Å². The van der Waals surface area contributed by atoms with Crippen molar-refractivity contribution in [3.8, 4) is 0 Å². The van der Waals surface area contributed by atoms with Crippen molar-refractivity contribution in [3.05, 3.63) is 51.6 Å². The van der Waals surface area contributed by atoms with E-state index in [9.17, 15) is 9.90 Å². The summed E-state index contributed by atoms with van der Waals surface area (Å²) in [6.45, 7) is 13.6. The van der Waals surface area contributed by atoms with Crippen molar-refractivity contribution in [2.24, 2.45) is 5.92 Å². The van der Waals surface area contributed by atoms with Crippen LogP contribution < -0.4 is 5.56 Å². The van der Waals surface area contributed by atoms with Crippen molar-refractivity contribution >= 4 is 10.9 Å². The molecular weight excluding hydrogens is 392 g/mol. The van der Waals surface area contributed by atoms with Gasteiger partial charge in [-0.05, 0) is 67.5 Å². The van der Waals surface area contributed by atoms with Gasteiger partial charge in [0, 0.05) is 25.3 Å². The lowest BCUT2D eigenvalue weighted by Crippen LogP contribution is -2.38. The Balaban J connectivity index is 2.05. The molecule has 0 saturated heterocycles. The minimum absolute atomic E-state index is 0.0821. The summed E-state index contributed by atoms with van der Waals surface area (Å²) in [6, 6.07) is 7.87. The molecule has 8 heteroatoms. The molecule has 2 N–H and O–H groups in total. The summed E-state index contributed by atoms with van der Waals surface area (Å²) in [7, 11) is 0. The smallest absolute Gasteiger partial charge is 0.252 e. The molecule has 0 bridgehead atoms. The van der Waals surface area contributed by atoms with Crippen LogP contribution in [0.25, 0.3) is 10.9 Å². The average molecular weight is 427 g/mol. The van der Waals surface area contributed by atoms with Gasteiger partial charge in [-0.3, -0.25) is 9.69 Å². The summed E-state index contributed by atoms with van der Waals surface area (Å²) in [4.78, 5) is 18.2. The van der Waals surface area contributed by atoms with Crippen molar-refractivity contribution in [1.82, 2.24) is 30.1 Å². The van der Waals surface area contributed by atoms with Gasteiger partial charge in [0.2, 0.25) is 0 Å². The highest BCUT2D eigenvalue weighted by Gasteiger charge is 2.32. The van der Waals surface area contributed by atoms with E-state index in [1.165, 1.54) is 0 Å². The number of hydrogen-bond acceptors (Lipinski definition) is 6. The monoisotopic (exact) mass is 426 g/mol. The maximum atomic E-state index is 12.9. The molecule has 3 rings (SSSR count). The molecule has 168 valence electrons. The number of aryl methyl sites for hydroxylation is 1. The van der Waals surface area contributed by atoms with Gasteiger partial charge < -0.3 is 10.1 Å². The third-order valence-corrected chi connectivity index (χ3v) is 5.56. The molecule has 0 fully saturated rings. The van der Waals surface area contributed by atoms with Crippen LogP contribution in [0.1, 0.15) is 64.0 Å². The highest BCUT2D eigenvalue weighted by molar-refractivity contribution is 5.81. The number of nitrogens with one attached hydrogen (secondary N) is 1. The largest absolute Gasteiger partial charge is 0.396 e. The summed E-state index contributed by atoms with van der Waals surface area (Å²) in [5.41, 5.74) is 2.25. The van der Waals surface area contributed by atoms with Crippen LogP contribution in [0.5, 0.6) is 0 Å². The van der Waals surface area contributed by atoms with E-state index in [2.05, 4.69) is 60.0 Å². The molecule has 0 unspecified atom stereocenters. The molecule has 0 aliphatic rings. The van der Waals surface area contributed by atoms with Crippen molar-refractivity contribution in [3.63, 3.8) is 0 Å². The number of nitrogens with zero attached hydrogens (tertiary/aromatic N) is 5. The fourth-order valence-electron chi connectivity index (χ4n) is 4.09. The van der Waals surface area contributed by atoms with Crippen LogP contribution in [-0.4, -0.2) is 48.3 Å². The molecule has 0 saturated carbocycles. The van der Waals surface area contributed by atoms with Crippen molar-refractivity contribution in [2.75, 3.05) is 13.2 Å². The lowest BCUT2D eigenvalue weighted by Gasteiger charge is -2.35. The molecular formula is C23H34N6O2. The quantitative estimate of drug-likeness (QED) is 0.574. The molecule has 1 aromatic carbocycles. The molecule has 0 spiro atoms. The Morgan fingerprint density at radius 2 is 2.00 bits per heavy atom. The molecule has 2 heterocycles. The predicted molar refractivity (Wildman–Crippen MR) is 122 cm³/mol. The first kappa shape index (κ1) is 23.1. The fraction of sp³-hybridized carbons (Fsp3) is 0.565. The number of para-hydroxylation sites is 1. The molecule has 3 aromatic rings. The molecule has 0 radical (unpaired) electrons. The molecule has 8 nitrogen and oxygen atoms in total. The van der Waals surface area contributed by atoms with Crippen molar-refractivity contribution in [2.45, 2.75) is 66.1 Å². The van der Waals surface area contributed by atoms with Gasteiger partial charge in [-0.2, -0.15) is 0 Å². The standard InChI is InChI=1S/C23H34N6O2/c1-15(2)20(21-25-26-27-29(21)23(4,5)6)28(11-8-12-30)14-18-13-17-10-7-9-16(3)19(17)24-22(18)31/h7,9-10,13,15,20,30H,8,11-12,14H2,1-6H3,(H,24,31)/t20-/m0/s1. The number of aromatic amines is 1. The van der Waals surface area contributed by atoms with Gasteiger partial charge in [0.15, 0.2) is 5.82 Å². The first-order valence-corrected chi connectivity index (χ1v) is 10.9. The maximum absolute atomic E-state index is 12.9. The zero-order valence-corrected chi connectivity index (χ0v) is 19.4. The molecule has 0 amide bonds. The minimum atomic E-state index is -0.271. The normalized spacial score (nSPS) is 13.5. The average Bonchev–Trinajstić information content (AvgIpc) is 3.17. The summed E-state index contributed by atoms with van der Waals surface area (Å²) in [6.07, 6.45) is 0.602. The van der Waals surface area contributed by atoms with E-state index in [4.69, 9.17) is 0 Å². The van der Waals surface area contributed by atoms with Gasteiger partial charge in [0.1, 0.15) is 0 Å². The van der Waals surface area contributed by atoms with E-state index in [1.54, 1.807) is 0 Å². The van der Waals surface area contributed by atoms with Crippen molar-refractivity contribution < 1.29 is 5.11 Å². The number of benzene rings is 1. The Bertz CT molecular complexity index is 1080. The van der Waals surface area contributed by atoms with Crippen molar-refractivity contribution in [1.29, 1.82) is 0 Å². The van der Waals surface area contributed by atoms with Crippen LogP contribution in [0.3, 0.4) is 0 Å². The Hall–Kier alpha value is -2.58. The summed E-state index contributed by atoms with van der Waals surface area (Å²) < 4.78 is 1.86. The SMILES string of the molecule is Cc1cccc2cc(CN(CCCO)[C@H](c3nnnn3C(C)(C)C)C(C)C)c(=O)[nH]c12. The van der Waals surface area contributed by atoms with Crippen LogP contribution in [0, 0.1) is 12.8 Å². The zero-order valence-electron chi connectivity index (χ0n) is 19.4. The van der Waals surface area contributed by atoms with E-state index in [0.29, 0.717) is 25.1 Å². The highest BCUT2D eigenvalue weighted by atomic mass is 16.3. The number of H-pyrrole nitrogens is 1. The lowest BCUT2D eigenvalue weighted by atomic mass is 9.98. The Kier molecular flexibility index (Phi) is 6.91. The van der Waals surface area contributed by atoms with Gasteiger partial charge >= 0.3 is 0 Å². The second kappa shape index (κ2) is 9.28. The third-order valence-electron chi connectivity index (χ3n) is 5.56. The van der Waals surface area contributed by atoms with Crippen LogP contribution in [0.15, 0.2) is 29.1 Å². The fourth-order valence-corrected chi connectivity index (χ4v) is 4.09. The Morgan fingerprint density at radius 3 is 2.65 bits per heavy atom. The van der Waals surface area contributed by atoms with Crippen LogP contribution >= 0.6 is 0 Å². The third kappa shape index (κ3) is 5.02. The molecule has 2 aromatic heterocycles. The Labute approximate surface area is 183 Å². The summed E-state index contributed by atoms with van der Waals surface area (Å²) >= 11 is 0. The predicted octanol–water partition coefficient (Wildman–Crippen LogP) is 3.16. The van der Waals surface area contributed by atoms with Crippen LogP contribution in [0.2, 0.25) is 0 Å². The number of pyridine rings is 1. The van der Waals surface area contributed by atoms with Gasteiger partial charge in [0.25, 0.3) is 5.56 Å². The van der Waals surface area contributed by atoms with E-state index in [1.807, 2.05) is 35.9 Å². The second-order valence-corrected chi connectivity index (χ2v) is 9.52. The molecule has 1 atom stereocenters. The Morgan fingerprint density at radius 1 is 1.26 bits per heavy atom. The second-order valence-electron chi connectivity index (χ2n) is 9.52. The van der Waals surface area contributed by atoms with Crippen LogP contribution in [-0.2, 0) is 12.1 Å². The van der Waals surface area contributed by atoms with E-state index in [-0.39, 0.29) is 29.7 Å². The topological polar surface area (TPSA) is 99.9 Å². The molecule has 0 aliphatic heterocycles. The molecule has 0 aliphatic carbocycles. The number of aromatic nitrogens is 5. The lowest BCUT2D eigenvalue weighted by molar-refractivity contribution is 0.116. The number of aliphatic hydroxyl groups is 1. The van der Waals surface area contributed by atoms with Gasteiger partial charge in [-0.1, -0.05) is 32.0 Å². The first-order chi connectivity index (χ1) is 14.6. The summed E-state index contributed by atoms with van der Waals surface area (Å²) in [5.74, 6) is 0.973. The van der Waals surface area contributed by atoms with E-state index in [0.717, 1.165) is 22.3 Å². The van der Waals surface area contributed by atoms with Gasteiger partial charge in [0.05, 0.1) is 17.1 Å². The number of hydrogen-bond donors (Lipinski definition) is 2. The first-order valence-electron chi connectivity index (χ1n) is 10.9. The number of tetrazole rings is 1. The van der Waals surface area contributed by atoms with E-state index < -0.39 is 0 Å².